The summed E-state index contributed by atoms with van der Waals surface area (Å²) in [5, 5.41) is 13.6. The molecule has 87 heavy (non-hydrogen) atoms. The number of anilines is 2. The lowest BCUT2D eigenvalue weighted by Crippen LogP contribution is -2.62. The standard InChI is InChI=1S/C60H80ClN4O19PS2/c1-62(2)51-23-12-20-48-46(51)18-14-26-55(48)86(69,70)64(5)28-30-73-32-34-75-36-38-77-40-42-79-58-57(84-85(67,68)83-53-25-11-10-22-50(53)61)54(44-66)82-60(81-45-16-8-7-9-17-45)59(58)80-43-41-78-39-37-76-35-33-74-31-29-65(6)87(71,72)56-27-15-19-47-49(56)21-13-24-52(47)63(3)4/h7-27,54,57-60,66H,28-44H2,1-6H3,(H,67,68)/p-1/t54-,57-,58+,59-,60-/m1/s1. The van der Waals surface area contributed by atoms with E-state index in [1.807, 2.05) is 74.4 Å². The van der Waals surface area contributed by atoms with Gasteiger partial charge in [-0.05, 0) is 48.5 Å². The molecule has 0 spiro atoms. The maximum Gasteiger partial charge on any atom is 0.320 e. The number of nitrogens with zero attached hydrogens (tertiary/aromatic N) is 4. The number of aliphatic hydroxyl groups excluding tert-OH is 1. The maximum absolute atomic E-state index is 13.6. The molecule has 0 radical (unpaired) electrons. The Morgan fingerprint density at radius 2 is 0.920 bits per heavy atom. The average molecular weight is 1290 g/mol. The first kappa shape index (κ1) is 69.4. The van der Waals surface area contributed by atoms with Gasteiger partial charge in [0.15, 0.2) is 0 Å². The van der Waals surface area contributed by atoms with E-state index in [4.69, 9.17) is 68.0 Å². The van der Waals surface area contributed by atoms with Crippen molar-refractivity contribution >= 4 is 72.4 Å². The van der Waals surface area contributed by atoms with Gasteiger partial charge in [-0.2, -0.15) is 8.61 Å². The predicted octanol–water partition coefficient (Wildman–Crippen LogP) is 6.32. The average Bonchev–Trinajstić information content (AvgIpc) is 3.68. The zero-order valence-corrected chi connectivity index (χ0v) is 53.0. The summed E-state index contributed by atoms with van der Waals surface area (Å²) in [4.78, 5) is 17.9. The molecule has 0 saturated carbocycles. The summed E-state index contributed by atoms with van der Waals surface area (Å²) in [7, 11) is -2.24. The first-order valence-corrected chi connectivity index (χ1v) is 33.0. The van der Waals surface area contributed by atoms with Crippen molar-refractivity contribution < 1.29 is 87.8 Å². The number of ether oxygens (including phenoxy) is 10. The molecule has 1 fully saturated rings. The number of sulfonamides is 2. The summed E-state index contributed by atoms with van der Waals surface area (Å²) < 4.78 is 141. The molecular weight excluding hydrogens is 1210 g/mol. The van der Waals surface area contributed by atoms with Crippen LogP contribution in [0.5, 0.6) is 11.5 Å². The monoisotopic (exact) mass is 1290 g/mol. The van der Waals surface area contributed by atoms with Crippen LogP contribution in [0.4, 0.5) is 11.4 Å². The topological polar surface area (TPSA) is 252 Å². The Kier molecular flexibility index (Phi) is 27.3. The lowest BCUT2D eigenvalue weighted by molar-refractivity contribution is -0.304. The Morgan fingerprint density at radius 1 is 0.506 bits per heavy atom. The van der Waals surface area contributed by atoms with Gasteiger partial charge < -0.3 is 76.2 Å². The van der Waals surface area contributed by atoms with E-state index in [0.717, 1.165) is 22.1 Å². The van der Waals surface area contributed by atoms with Crippen LogP contribution in [0.1, 0.15) is 0 Å². The smallest absolute Gasteiger partial charge is 0.320 e. The van der Waals surface area contributed by atoms with Crippen LogP contribution in [0.2, 0.25) is 5.02 Å². The summed E-state index contributed by atoms with van der Waals surface area (Å²) in [5.74, 6) is 0.186. The van der Waals surface area contributed by atoms with Gasteiger partial charge in [0, 0.05) is 88.3 Å². The fraction of sp³-hybridized carbons (Fsp3) is 0.467. The molecule has 478 valence electrons. The van der Waals surface area contributed by atoms with E-state index in [2.05, 4.69) is 0 Å². The van der Waals surface area contributed by atoms with Crippen LogP contribution in [-0.2, 0) is 71.8 Å². The molecule has 7 rings (SSSR count). The molecule has 6 aromatic carbocycles. The largest absolute Gasteiger partial charge is 0.746 e. The number of aliphatic hydroxyl groups is 1. The van der Waals surface area contributed by atoms with Gasteiger partial charge in [-0.15, -0.1) is 0 Å². The molecule has 1 heterocycles. The van der Waals surface area contributed by atoms with E-state index < -0.39 is 65.2 Å². The number of benzene rings is 6. The number of hydrogen-bond donors (Lipinski definition) is 1. The van der Waals surface area contributed by atoms with E-state index in [9.17, 15) is 31.4 Å². The molecule has 0 bridgehead atoms. The minimum atomic E-state index is -5.27. The van der Waals surface area contributed by atoms with Crippen molar-refractivity contribution in [3.05, 3.63) is 132 Å². The summed E-state index contributed by atoms with van der Waals surface area (Å²) in [6.45, 7) is 1.14. The van der Waals surface area contributed by atoms with E-state index in [1.165, 1.54) is 40.9 Å². The van der Waals surface area contributed by atoms with Gasteiger partial charge in [0.25, 0.3) is 0 Å². The van der Waals surface area contributed by atoms with E-state index >= 15 is 0 Å². The van der Waals surface area contributed by atoms with Crippen LogP contribution in [-0.4, -0.2) is 216 Å². The second kappa shape index (κ2) is 34.2. The number of hydrogen-bond acceptors (Lipinski definition) is 21. The normalized spacial score (nSPS) is 18.1. The van der Waals surface area contributed by atoms with Crippen molar-refractivity contribution in [1.82, 2.24) is 8.61 Å². The molecule has 6 atom stereocenters. The van der Waals surface area contributed by atoms with Crippen molar-refractivity contribution in [2.24, 2.45) is 0 Å². The highest BCUT2D eigenvalue weighted by atomic mass is 35.5. The first-order valence-electron chi connectivity index (χ1n) is 28.3. The highest BCUT2D eigenvalue weighted by Gasteiger charge is 2.51. The molecule has 27 heteroatoms. The number of fused-ring (bicyclic) bond motifs is 2. The molecule has 1 saturated heterocycles. The first-order chi connectivity index (χ1) is 41.8. The van der Waals surface area contributed by atoms with Crippen LogP contribution in [0, 0.1) is 0 Å². The van der Waals surface area contributed by atoms with Crippen molar-refractivity contribution in [2.75, 3.05) is 164 Å². The third-order valence-electron chi connectivity index (χ3n) is 13.8. The molecule has 23 nitrogen and oxygen atoms in total. The third-order valence-corrected chi connectivity index (χ3v) is 18.9. The molecule has 1 N–H and O–H groups in total. The van der Waals surface area contributed by atoms with Crippen molar-refractivity contribution in [3.8, 4) is 11.5 Å². The fourth-order valence-electron chi connectivity index (χ4n) is 9.35. The van der Waals surface area contributed by atoms with Gasteiger partial charge in [0.1, 0.15) is 35.9 Å². The molecule has 6 aromatic rings. The summed E-state index contributed by atoms with van der Waals surface area (Å²) in [5.41, 5.74) is 1.82. The minimum Gasteiger partial charge on any atom is -0.746 e. The zero-order chi connectivity index (χ0) is 62.4. The maximum atomic E-state index is 13.6. The van der Waals surface area contributed by atoms with E-state index in [0.29, 0.717) is 16.5 Å². The minimum absolute atomic E-state index is 0.000925. The van der Waals surface area contributed by atoms with Crippen LogP contribution in [0.25, 0.3) is 21.5 Å². The van der Waals surface area contributed by atoms with Gasteiger partial charge in [-0.1, -0.05) is 90.5 Å². The molecule has 0 aliphatic carbocycles. The second-order valence-corrected chi connectivity index (χ2v) is 26.0. The lowest BCUT2D eigenvalue weighted by atomic mass is 9.98. The quantitative estimate of drug-likeness (QED) is 0.0327. The Balaban J connectivity index is 0.867. The molecule has 0 amide bonds. The second-order valence-electron chi connectivity index (χ2n) is 20.2. The Hall–Kier alpha value is -5.10. The van der Waals surface area contributed by atoms with E-state index in [-0.39, 0.29) is 126 Å². The van der Waals surface area contributed by atoms with Gasteiger partial charge in [-0.3, -0.25) is 4.57 Å². The zero-order valence-electron chi connectivity index (χ0n) is 49.8. The Bertz CT molecular complexity index is 3360. The van der Waals surface area contributed by atoms with Gasteiger partial charge >= 0.3 is 7.82 Å². The molecule has 1 aliphatic rings. The predicted molar refractivity (Wildman–Crippen MR) is 328 cm³/mol. The van der Waals surface area contributed by atoms with Gasteiger partial charge in [0.2, 0.25) is 26.3 Å². The third kappa shape index (κ3) is 19.7. The fourth-order valence-corrected chi connectivity index (χ4v) is 13.3. The van der Waals surface area contributed by atoms with Crippen LogP contribution < -0.4 is 24.0 Å². The highest BCUT2D eigenvalue weighted by Crippen LogP contribution is 2.46. The van der Waals surface area contributed by atoms with Crippen LogP contribution >= 0.6 is 19.4 Å². The number of phosphoric acid groups is 1. The van der Waals surface area contributed by atoms with Gasteiger partial charge in [0.05, 0.1) is 114 Å². The number of likely N-dealkylation sites (N-methyl/N-ethyl adjacent to an activating group) is 2. The van der Waals surface area contributed by atoms with Gasteiger partial charge in [-0.25, -0.2) is 16.8 Å². The summed E-state index contributed by atoms with van der Waals surface area (Å²) in [6, 6.07) is 36.2. The lowest BCUT2D eigenvalue weighted by Gasteiger charge is -2.46. The number of rotatable bonds is 39. The Morgan fingerprint density at radius 3 is 1.38 bits per heavy atom. The van der Waals surface area contributed by atoms with E-state index in [1.54, 1.807) is 72.8 Å². The molecule has 1 unspecified atom stereocenters. The van der Waals surface area contributed by atoms with Crippen LogP contribution in [0.15, 0.2) is 137 Å². The van der Waals surface area contributed by atoms with Crippen molar-refractivity contribution in [2.45, 2.75) is 40.5 Å². The summed E-state index contributed by atoms with van der Waals surface area (Å²) >= 11 is 6.24. The van der Waals surface area contributed by atoms with Crippen LogP contribution in [0.3, 0.4) is 0 Å². The Labute approximate surface area is 515 Å². The van der Waals surface area contributed by atoms with Crippen molar-refractivity contribution in [1.29, 1.82) is 0 Å². The molecular formula is C60H79ClN4O19PS2-. The van der Waals surface area contributed by atoms with Crippen molar-refractivity contribution in [3.63, 3.8) is 0 Å². The molecule has 1 aliphatic heterocycles. The number of halogens is 1. The molecule has 0 aromatic heterocycles. The summed E-state index contributed by atoms with van der Waals surface area (Å²) in [6.07, 6.45) is -6.68. The highest BCUT2D eigenvalue weighted by molar-refractivity contribution is 7.89. The number of phosphoric ester groups is 1. The SMILES string of the molecule is CN(C)c1cccc2c(S(=O)(=O)N(C)CCOCCOCCOCCO[C@@H]3[C@@H](OCCOCCOCCOCCN(C)S(=O)(=O)c4cccc5c(N(C)C)cccc45)[C@H](Oc4ccccc4)O[C@H](CO)[C@H]3OP(=O)([O-])Oc3ccccc3Cl)cccc12. The number of para-hydroxylation sites is 2.